The van der Waals surface area contributed by atoms with Crippen LogP contribution in [0.5, 0.6) is 5.75 Å². The number of rotatable bonds is 3. The number of nitrogens with zero attached hydrogens (tertiary/aromatic N) is 1. The Labute approximate surface area is 171 Å². The third-order valence-corrected chi connectivity index (χ3v) is 7.22. The average molecular weight is 399 g/mol. The van der Waals surface area contributed by atoms with Gasteiger partial charge in [0.15, 0.2) is 0 Å². The third-order valence-electron chi connectivity index (χ3n) is 7.22. The Balaban J connectivity index is 1.64. The first-order chi connectivity index (χ1) is 13.8. The Kier molecular flexibility index (Phi) is 5.13. The molecule has 6 nitrogen and oxygen atoms in total. The van der Waals surface area contributed by atoms with Gasteiger partial charge < -0.3 is 14.3 Å². The van der Waals surface area contributed by atoms with Gasteiger partial charge in [-0.15, -0.1) is 0 Å². The van der Waals surface area contributed by atoms with Crippen LogP contribution in [-0.2, 0) is 25.6 Å². The van der Waals surface area contributed by atoms with E-state index < -0.39 is 0 Å². The third kappa shape index (κ3) is 3.43. The number of carbonyl (C=O) groups is 2. The monoisotopic (exact) mass is 399 g/mol. The minimum Gasteiger partial charge on any atom is -0.456 e. The molecule has 2 saturated carbocycles. The van der Waals surface area contributed by atoms with Crippen molar-refractivity contribution in [3.63, 3.8) is 0 Å². The number of esters is 2. The molecule has 3 aliphatic rings. The number of aryl methyl sites for hydroxylation is 1. The molecule has 5 atom stereocenters. The van der Waals surface area contributed by atoms with Crippen LogP contribution < -0.4 is 4.74 Å². The van der Waals surface area contributed by atoms with Crippen molar-refractivity contribution in [1.29, 1.82) is 0 Å². The van der Waals surface area contributed by atoms with Gasteiger partial charge >= 0.3 is 11.9 Å². The molecule has 29 heavy (non-hydrogen) atoms. The van der Waals surface area contributed by atoms with Crippen LogP contribution in [0.15, 0.2) is 23.4 Å². The van der Waals surface area contributed by atoms with E-state index in [1.807, 2.05) is 12.1 Å². The second kappa shape index (κ2) is 7.47. The van der Waals surface area contributed by atoms with Crippen LogP contribution in [0, 0.1) is 17.3 Å². The van der Waals surface area contributed by atoms with E-state index in [9.17, 15) is 9.59 Å². The molecule has 4 rings (SSSR count). The van der Waals surface area contributed by atoms with Gasteiger partial charge in [0.05, 0.1) is 5.71 Å². The zero-order valence-corrected chi connectivity index (χ0v) is 17.6. The summed E-state index contributed by atoms with van der Waals surface area (Å²) in [4.78, 5) is 28.1. The first-order valence-electron chi connectivity index (χ1n) is 10.4. The van der Waals surface area contributed by atoms with Crippen molar-refractivity contribution in [2.75, 3.05) is 7.11 Å². The highest BCUT2D eigenvalue weighted by molar-refractivity contribution is 5.93. The minimum absolute atomic E-state index is 0.112. The van der Waals surface area contributed by atoms with Crippen LogP contribution in [0.25, 0.3) is 0 Å². The van der Waals surface area contributed by atoms with Gasteiger partial charge in [0.1, 0.15) is 19.0 Å². The van der Waals surface area contributed by atoms with Crippen molar-refractivity contribution in [3.8, 4) is 5.75 Å². The van der Waals surface area contributed by atoms with E-state index in [0.717, 1.165) is 37.8 Å². The van der Waals surface area contributed by atoms with Crippen molar-refractivity contribution in [2.45, 2.75) is 64.9 Å². The largest absolute Gasteiger partial charge is 0.456 e. The maximum atomic E-state index is 11.8. The van der Waals surface area contributed by atoms with E-state index in [1.54, 1.807) is 7.11 Å². The van der Waals surface area contributed by atoms with Gasteiger partial charge in [-0.05, 0) is 73.1 Å². The van der Waals surface area contributed by atoms with Gasteiger partial charge in [0.25, 0.3) is 0 Å². The van der Waals surface area contributed by atoms with Gasteiger partial charge in [-0.1, -0.05) is 18.1 Å². The van der Waals surface area contributed by atoms with Crippen LogP contribution in [-0.4, -0.2) is 30.9 Å². The highest BCUT2D eigenvalue weighted by Gasteiger charge is 2.59. The SMILES string of the molecule is CO/N=C1\C[C@H]2[C@@H]3CCc4cc(OC(C)=O)ccc4[C@H]3CC[C@]2(C)[C@H]1OC(C)=O. The Hall–Kier alpha value is -2.37. The molecule has 0 aromatic heterocycles. The lowest BCUT2D eigenvalue weighted by atomic mass is 9.55. The highest BCUT2D eigenvalue weighted by atomic mass is 16.6. The standard InChI is InChI=1S/C23H29NO5/c1-13(25)28-16-6-8-17-15(11-16)5-7-19-18(17)9-10-23(3)20(19)12-21(24-27-4)22(23)29-14(2)26/h6,8,11,18-20,22H,5,7,9-10,12H2,1-4H3/b24-21+/t18-,19-,20+,22+,23+/m1/s1. The zero-order valence-electron chi connectivity index (χ0n) is 17.6. The summed E-state index contributed by atoms with van der Waals surface area (Å²) in [6, 6.07) is 6.06. The first kappa shape index (κ1) is 19.9. The van der Waals surface area contributed by atoms with Crippen molar-refractivity contribution in [2.24, 2.45) is 22.4 Å². The molecule has 0 saturated heterocycles. The molecule has 1 aromatic carbocycles. The number of carbonyl (C=O) groups excluding carboxylic acids is 2. The minimum atomic E-state index is -0.307. The van der Waals surface area contributed by atoms with Crippen molar-refractivity contribution >= 4 is 17.7 Å². The Morgan fingerprint density at radius 3 is 2.66 bits per heavy atom. The molecule has 3 aliphatic carbocycles. The summed E-state index contributed by atoms with van der Waals surface area (Å²) in [7, 11) is 1.54. The van der Waals surface area contributed by atoms with Crippen LogP contribution >= 0.6 is 0 Å². The molecule has 0 heterocycles. The molecule has 0 amide bonds. The molecule has 0 bridgehead atoms. The van der Waals surface area contributed by atoms with Gasteiger partial charge in [0.2, 0.25) is 0 Å². The Bertz CT molecular complexity index is 863. The highest BCUT2D eigenvalue weighted by Crippen LogP contribution is 2.61. The summed E-state index contributed by atoms with van der Waals surface area (Å²) in [5.41, 5.74) is 3.40. The van der Waals surface area contributed by atoms with E-state index in [0.29, 0.717) is 23.5 Å². The topological polar surface area (TPSA) is 74.2 Å². The van der Waals surface area contributed by atoms with E-state index in [1.165, 1.54) is 25.0 Å². The number of ether oxygens (including phenoxy) is 2. The lowest BCUT2D eigenvalue weighted by molar-refractivity contribution is -0.151. The summed E-state index contributed by atoms with van der Waals surface area (Å²) >= 11 is 0. The summed E-state index contributed by atoms with van der Waals surface area (Å²) in [5, 5.41) is 4.24. The van der Waals surface area contributed by atoms with Crippen LogP contribution in [0.1, 0.15) is 63.5 Å². The van der Waals surface area contributed by atoms with Crippen molar-refractivity contribution < 1.29 is 23.9 Å². The van der Waals surface area contributed by atoms with Crippen LogP contribution in [0.4, 0.5) is 0 Å². The molecule has 2 fully saturated rings. The fourth-order valence-electron chi connectivity index (χ4n) is 6.13. The number of benzene rings is 1. The number of hydrogen-bond acceptors (Lipinski definition) is 6. The smallest absolute Gasteiger partial charge is 0.308 e. The lowest BCUT2D eigenvalue weighted by Crippen LogP contribution is -2.46. The van der Waals surface area contributed by atoms with Crippen LogP contribution in [0.3, 0.4) is 0 Å². The van der Waals surface area contributed by atoms with Crippen molar-refractivity contribution in [3.05, 3.63) is 29.3 Å². The Morgan fingerprint density at radius 1 is 1.17 bits per heavy atom. The van der Waals surface area contributed by atoms with Crippen molar-refractivity contribution in [1.82, 2.24) is 0 Å². The second-order valence-electron chi connectivity index (χ2n) is 8.87. The quantitative estimate of drug-likeness (QED) is 0.436. The fraction of sp³-hybridized carbons (Fsp3) is 0.609. The summed E-state index contributed by atoms with van der Waals surface area (Å²) in [6.45, 7) is 5.14. The fourth-order valence-corrected chi connectivity index (χ4v) is 6.13. The van der Waals surface area contributed by atoms with Gasteiger partial charge in [-0.2, -0.15) is 0 Å². The normalized spacial score (nSPS) is 34.0. The van der Waals surface area contributed by atoms with E-state index in [2.05, 4.69) is 18.1 Å². The number of oxime groups is 1. The molecule has 0 N–H and O–H groups in total. The molecule has 0 radical (unpaired) electrons. The van der Waals surface area contributed by atoms with E-state index >= 15 is 0 Å². The van der Waals surface area contributed by atoms with E-state index in [4.69, 9.17) is 14.3 Å². The average Bonchev–Trinajstić information content (AvgIpc) is 2.93. The number of fused-ring (bicyclic) bond motifs is 5. The first-order valence-corrected chi connectivity index (χ1v) is 10.4. The molecule has 6 heteroatoms. The predicted octanol–water partition coefficient (Wildman–Crippen LogP) is 4.01. The summed E-state index contributed by atoms with van der Waals surface area (Å²) in [5.74, 6) is 1.46. The molecule has 156 valence electrons. The molecule has 0 spiro atoms. The second-order valence-corrected chi connectivity index (χ2v) is 8.87. The van der Waals surface area contributed by atoms with Crippen LogP contribution in [0.2, 0.25) is 0 Å². The summed E-state index contributed by atoms with van der Waals surface area (Å²) < 4.78 is 11.0. The molecule has 0 unspecified atom stereocenters. The summed E-state index contributed by atoms with van der Waals surface area (Å²) in [6.07, 6.45) is 4.57. The predicted molar refractivity (Wildman–Crippen MR) is 108 cm³/mol. The molecular formula is C23H29NO5. The zero-order chi connectivity index (χ0) is 20.8. The molecule has 1 aromatic rings. The maximum Gasteiger partial charge on any atom is 0.308 e. The van der Waals surface area contributed by atoms with Gasteiger partial charge in [0, 0.05) is 19.3 Å². The van der Waals surface area contributed by atoms with E-state index in [-0.39, 0.29) is 23.5 Å². The van der Waals surface area contributed by atoms with Gasteiger partial charge in [-0.3, -0.25) is 9.59 Å². The maximum absolute atomic E-state index is 11.8. The Morgan fingerprint density at radius 2 is 1.97 bits per heavy atom. The number of hydrogen-bond donors (Lipinski definition) is 0. The molecular weight excluding hydrogens is 370 g/mol. The van der Waals surface area contributed by atoms with Gasteiger partial charge in [-0.25, -0.2) is 0 Å². The molecule has 0 aliphatic heterocycles. The lowest BCUT2D eigenvalue weighted by Gasteiger charge is -2.50.